The maximum Gasteiger partial charge on any atom is 0.251 e. The van der Waals surface area contributed by atoms with E-state index in [1.54, 1.807) is 0 Å². The van der Waals surface area contributed by atoms with E-state index in [0.717, 1.165) is 32.2 Å². The van der Waals surface area contributed by atoms with Gasteiger partial charge in [-0.15, -0.1) is 0 Å². The van der Waals surface area contributed by atoms with Gasteiger partial charge in [0, 0.05) is 30.2 Å². The Morgan fingerprint density at radius 1 is 1.41 bits per heavy atom. The summed E-state index contributed by atoms with van der Waals surface area (Å²) in [6.45, 7) is 3.08. The molecule has 1 aliphatic heterocycles. The number of carbonyl (C=O) groups excluding carboxylic acids is 2. The number of benzene rings is 1. The Bertz CT molecular complexity index is 574. The second-order valence-electron chi connectivity index (χ2n) is 6.48. The van der Waals surface area contributed by atoms with Crippen molar-refractivity contribution in [2.75, 3.05) is 26.2 Å². The van der Waals surface area contributed by atoms with Crippen molar-refractivity contribution in [1.82, 2.24) is 10.2 Å². The highest BCUT2D eigenvalue weighted by atomic mass is 35.5. The summed E-state index contributed by atoms with van der Waals surface area (Å²) in [7, 11) is 0. The van der Waals surface area contributed by atoms with Crippen LogP contribution in [0.5, 0.6) is 0 Å². The second kappa shape index (κ2) is 5.97. The molecule has 1 aliphatic carbocycles. The van der Waals surface area contributed by atoms with Crippen LogP contribution in [0.2, 0.25) is 5.02 Å². The highest BCUT2D eigenvalue weighted by Crippen LogP contribution is 2.51. The molecule has 2 fully saturated rings. The Kier molecular flexibility index (Phi) is 4.19. The van der Waals surface area contributed by atoms with Crippen molar-refractivity contribution in [3.05, 3.63) is 34.6 Å². The average molecular weight is 325 g/mol. The Morgan fingerprint density at radius 3 is 2.77 bits per heavy atom. The first kappa shape index (κ1) is 15.4. The van der Waals surface area contributed by atoms with Crippen LogP contribution < -0.4 is 5.32 Å². The molecule has 1 spiro atoms. The van der Waals surface area contributed by atoms with Gasteiger partial charge in [-0.2, -0.15) is 0 Å². The monoisotopic (exact) mass is 324 g/mol. The number of amides is 1. The Labute approximate surface area is 133 Å². The van der Waals surface area contributed by atoms with Gasteiger partial charge < -0.3 is 10.1 Å². The van der Waals surface area contributed by atoms with Gasteiger partial charge in [-0.05, 0) is 42.4 Å². The van der Waals surface area contributed by atoms with Crippen molar-refractivity contribution >= 4 is 23.8 Å². The van der Waals surface area contributed by atoms with Gasteiger partial charge in [-0.1, -0.05) is 11.6 Å². The third-order valence-electron chi connectivity index (χ3n) is 4.57. The first-order chi connectivity index (χ1) is 10.5. The van der Waals surface area contributed by atoms with Gasteiger partial charge >= 0.3 is 0 Å². The molecule has 1 amide bonds. The van der Waals surface area contributed by atoms with Crippen molar-refractivity contribution < 1.29 is 14.0 Å². The van der Waals surface area contributed by atoms with Crippen LogP contribution >= 0.6 is 11.6 Å². The largest absolute Gasteiger partial charge is 0.352 e. The van der Waals surface area contributed by atoms with Gasteiger partial charge in [0.05, 0.1) is 6.54 Å². The number of nitrogens with zero attached hydrogens (tertiary/aromatic N) is 1. The van der Waals surface area contributed by atoms with E-state index in [1.165, 1.54) is 18.2 Å². The zero-order chi connectivity index (χ0) is 15.7. The molecule has 1 saturated heterocycles. The quantitative estimate of drug-likeness (QED) is 0.844. The third-order valence-corrected chi connectivity index (χ3v) is 4.79. The molecule has 2 aliphatic rings. The number of carbonyl (C=O) groups is 2. The first-order valence-electron chi connectivity index (χ1n) is 7.40. The SMILES string of the molecule is O=CCN1CC2(CC(CNC(=O)c3cc(F)cc(Cl)c3)C2)C1. The summed E-state index contributed by atoms with van der Waals surface area (Å²) in [6, 6.07) is 3.83. The lowest BCUT2D eigenvalue weighted by atomic mass is 9.57. The Morgan fingerprint density at radius 2 is 2.14 bits per heavy atom. The maximum absolute atomic E-state index is 13.2. The number of hydrogen-bond donors (Lipinski definition) is 1. The highest BCUT2D eigenvalue weighted by molar-refractivity contribution is 6.31. The molecule has 0 radical (unpaired) electrons. The highest BCUT2D eigenvalue weighted by Gasteiger charge is 2.51. The lowest BCUT2D eigenvalue weighted by Crippen LogP contribution is -2.63. The second-order valence-corrected chi connectivity index (χ2v) is 6.92. The summed E-state index contributed by atoms with van der Waals surface area (Å²) in [5, 5.41) is 3.06. The molecule has 3 rings (SSSR count). The molecule has 22 heavy (non-hydrogen) atoms. The molecule has 1 N–H and O–H groups in total. The van der Waals surface area contributed by atoms with Crippen LogP contribution in [0, 0.1) is 17.2 Å². The molecule has 118 valence electrons. The molecular formula is C16H18ClFN2O2. The molecule has 4 nitrogen and oxygen atoms in total. The number of likely N-dealkylation sites (tertiary alicyclic amines) is 1. The predicted octanol–water partition coefficient (Wildman–Crippen LogP) is 2.12. The van der Waals surface area contributed by atoms with Gasteiger partial charge in [-0.3, -0.25) is 9.69 Å². The lowest BCUT2D eigenvalue weighted by molar-refractivity contribution is -0.120. The molecule has 6 heteroatoms. The van der Waals surface area contributed by atoms with Crippen molar-refractivity contribution in [3.8, 4) is 0 Å². The van der Waals surface area contributed by atoms with Crippen LogP contribution in [-0.2, 0) is 4.79 Å². The summed E-state index contributed by atoms with van der Waals surface area (Å²) in [5.41, 5.74) is 0.612. The van der Waals surface area contributed by atoms with Crippen LogP contribution in [0.3, 0.4) is 0 Å². The minimum Gasteiger partial charge on any atom is -0.352 e. The fraction of sp³-hybridized carbons (Fsp3) is 0.500. The van der Waals surface area contributed by atoms with Crippen molar-refractivity contribution in [2.45, 2.75) is 12.8 Å². The zero-order valence-corrected chi connectivity index (χ0v) is 12.9. The molecule has 0 bridgehead atoms. The topological polar surface area (TPSA) is 49.4 Å². The van der Waals surface area contributed by atoms with Gasteiger partial charge in [0.15, 0.2) is 0 Å². The fourth-order valence-corrected chi connectivity index (χ4v) is 3.95. The van der Waals surface area contributed by atoms with E-state index in [1.807, 2.05) is 0 Å². The van der Waals surface area contributed by atoms with E-state index in [0.29, 0.717) is 24.4 Å². The summed E-state index contributed by atoms with van der Waals surface area (Å²) < 4.78 is 13.2. The normalized spacial score (nSPS) is 20.3. The van der Waals surface area contributed by atoms with Gasteiger partial charge in [-0.25, -0.2) is 4.39 Å². The van der Waals surface area contributed by atoms with Crippen LogP contribution in [0.15, 0.2) is 18.2 Å². The molecule has 0 aromatic heterocycles. The third kappa shape index (κ3) is 3.15. The molecule has 1 aromatic carbocycles. The number of rotatable bonds is 5. The van der Waals surface area contributed by atoms with Crippen LogP contribution in [-0.4, -0.2) is 43.3 Å². The average Bonchev–Trinajstić information content (AvgIpc) is 2.37. The standard InChI is InChI=1S/C16H18ClFN2O2/c17-13-3-12(4-14(18)5-13)15(22)19-8-11-6-16(7-11)9-20(10-16)1-2-21/h2-5,11H,1,6-10H2,(H,19,22). The number of halogens is 2. The number of hydrogen-bond acceptors (Lipinski definition) is 3. The molecule has 0 atom stereocenters. The van der Waals surface area contributed by atoms with Crippen molar-refractivity contribution in [2.24, 2.45) is 11.3 Å². The Hall–Kier alpha value is -1.46. The van der Waals surface area contributed by atoms with Crippen LogP contribution in [0.4, 0.5) is 4.39 Å². The molecule has 1 aromatic rings. The minimum absolute atomic E-state index is 0.220. The van der Waals surface area contributed by atoms with Gasteiger partial charge in [0.1, 0.15) is 12.1 Å². The summed E-state index contributed by atoms with van der Waals surface area (Å²) in [5.74, 6) is -0.338. The molecule has 0 unspecified atom stereocenters. The molecule has 1 heterocycles. The smallest absolute Gasteiger partial charge is 0.251 e. The van der Waals surface area contributed by atoms with Gasteiger partial charge in [0.25, 0.3) is 5.91 Å². The first-order valence-corrected chi connectivity index (χ1v) is 7.78. The van der Waals surface area contributed by atoms with Gasteiger partial charge in [0.2, 0.25) is 0 Å². The fourth-order valence-electron chi connectivity index (χ4n) is 3.73. The predicted molar refractivity (Wildman–Crippen MR) is 81.4 cm³/mol. The van der Waals surface area contributed by atoms with Crippen LogP contribution in [0.25, 0.3) is 0 Å². The maximum atomic E-state index is 13.2. The Balaban J connectivity index is 1.43. The van der Waals surface area contributed by atoms with Crippen molar-refractivity contribution in [1.29, 1.82) is 0 Å². The van der Waals surface area contributed by atoms with E-state index in [2.05, 4.69) is 10.2 Å². The summed E-state index contributed by atoms with van der Waals surface area (Å²) in [4.78, 5) is 24.6. The summed E-state index contributed by atoms with van der Waals surface area (Å²) in [6.07, 6.45) is 3.09. The summed E-state index contributed by atoms with van der Waals surface area (Å²) >= 11 is 5.75. The number of aldehydes is 1. The van der Waals surface area contributed by atoms with Crippen molar-refractivity contribution in [3.63, 3.8) is 0 Å². The molecular weight excluding hydrogens is 307 g/mol. The molecule has 1 saturated carbocycles. The van der Waals surface area contributed by atoms with E-state index in [4.69, 9.17) is 11.6 Å². The van der Waals surface area contributed by atoms with E-state index >= 15 is 0 Å². The van der Waals surface area contributed by atoms with E-state index in [-0.39, 0.29) is 16.5 Å². The van der Waals surface area contributed by atoms with Crippen LogP contribution in [0.1, 0.15) is 23.2 Å². The van der Waals surface area contributed by atoms with E-state index < -0.39 is 5.82 Å². The van der Waals surface area contributed by atoms with E-state index in [9.17, 15) is 14.0 Å². The number of nitrogens with one attached hydrogen (secondary N) is 1. The zero-order valence-electron chi connectivity index (χ0n) is 12.1. The minimum atomic E-state index is -0.509. The lowest BCUT2D eigenvalue weighted by Gasteiger charge is -2.59.